The highest BCUT2D eigenvalue weighted by Crippen LogP contribution is 2.31. The second-order valence-electron chi connectivity index (χ2n) is 4.97. The molecule has 0 atom stereocenters. The average molecular weight is 312 g/mol. The summed E-state index contributed by atoms with van der Waals surface area (Å²) in [6.45, 7) is 4.81. The number of hydrogen-bond acceptors (Lipinski definition) is 1. The van der Waals surface area contributed by atoms with Crippen molar-refractivity contribution in [3.63, 3.8) is 0 Å². The molecule has 0 radical (unpaired) electrons. The van der Waals surface area contributed by atoms with Gasteiger partial charge in [0.2, 0.25) is 0 Å². The van der Waals surface area contributed by atoms with Crippen LogP contribution in [0.4, 0.5) is 4.39 Å². The second-order valence-corrected chi connectivity index (χ2v) is 5.78. The fourth-order valence-electron chi connectivity index (χ4n) is 1.91. The zero-order valence-corrected chi connectivity index (χ0v) is 12.9. The lowest BCUT2D eigenvalue weighted by molar-refractivity contribution is 0.589. The molecule has 20 heavy (non-hydrogen) atoms. The molecule has 1 N–H and O–H groups in total. The normalized spacial score (nSPS) is 11.1. The number of hydrogen-bond donors (Lipinski definition) is 1. The van der Waals surface area contributed by atoms with E-state index in [4.69, 9.17) is 23.2 Å². The van der Waals surface area contributed by atoms with Crippen molar-refractivity contribution < 1.29 is 4.39 Å². The predicted molar refractivity (Wildman–Crippen MR) is 83.8 cm³/mol. The van der Waals surface area contributed by atoms with E-state index in [1.807, 2.05) is 18.2 Å². The van der Waals surface area contributed by atoms with Crippen LogP contribution >= 0.6 is 23.2 Å². The SMILES string of the molecule is CC(C)NCc1cc(-c2cc(F)ccc2Cl)ccc1Cl. The van der Waals surface area contributed by atoms with Crippen molar-refractivity contribution in [2.45, 2.75) is 26.4 Å². The van der Waals surface area contributed by atoms with E-state index in [-0.39, 0.29) is 5.82 Å². The lowest BCUT2D eigenvalue weighted by Gasteiger charge is -2.12. The Morgan fingerprint density at radius 2 is 1.75 bits per heavy atom. The predicted octanol–water partition coefficient (Wildman–Crippen LogP) is 5.30. The summed E-state index contributed by atoms with van der Waals surface area (Å²) in [5.74, 6) is -0.304. The second kappa shape index (κ2) is 6.57. The summed E-state index contributed by atoms with van der Waals surface area (Å²) in [5.41, 5.74) is 2.51. The monoisotopic (exact) mass is 311 g/mol. The summed E-state index contributed by atoms with van der Waals surface area (Å²) in [7, 11) is 0. The third kappa shape index (κ3) is 3.72. The van der Waals surface area contributed by atoms with E-state index in [1.165, 1.54) is 12.1 Å². The molecular formula is C16H16Cl2FN. The van der Waals surface area contributed by atoms with Crippen LogP contribution in [0.3, 0.4) is 0 Å². The summed E-state index contributed by atoms with van der Waals surface area (Å²) < 4.78 is 13.4. The van der Waals surface area contributed by atoms with Crippen molar-refractivity contribution in [1.29, 1.82) is 0 Å². The molecule has 0 bridgehead atoms. The molecule has 0 fully saturated rings. The Balaban J connectivity index is 2.37. The zero-order chi connectivity index (χ0) is 14.7. The first kappa shape index (κ1) is 15.3. The van der Waals surface area contributed by atoms with E-state index in [0.717, 1.165) is 11.1 Å². The van der Waals surface area contributed by atoms with Gasteiger partial charge in [0.15, 0.2) is 0 Å². The van der Waals surface area contributed by atoms with Crippen molar-refractivity contribution in [2.75, 3.05) is 0 Å². The summed E-state index contributed by atoms with van der Waals surface area (Å²) >= 11 is 12.3. The Morgan fingerprint density at radius 1 is 1.05 bits per heavy atom. The minimum Gasteiger partial charge on any atom is -0.310 e. The van der Waals surface area contributed by atoms with Crippen molar-refractivity contribution >= 4 is 23.2 Å². The first-order valence-corrected chi connectivity index (χ1v) is 7.20. The minimum atomic E-state index is -0.304. The quantitative estimate of drug-likeness (QED) is 0.808. The van der Waals surface area contributed by atoms with Gasteiger partial charge in [-0.1, -0.05) is 43.1 Å². The maximum Gasteiger partial charge on any atom is 0.123 e. The van der Waals surface area contributed by atoms with Crippen LogP contribution in [-0.4, -0.2) is 6.04 Å². The molecule has 0 amide bonds. The van der Waals surface area contributed by atoms with Gasteiger partial charge in [-0.2, -0.15) is 0 Å². The molecule has 2 aromatic rings. The van der Waals surface area contributed by atoms with Gasteiger partial charge in [0, 0.05) is 28.2 Å². The maximum atomic E-state index is 13.4. The van der Waals surface area contributed by atoms with Gasteiger partial charge in [0.25, 0.3) is 0 Å². The smallest absolute Gasteiger partial charge is 0.123 e. The van der Waals surface area contributed by atoms with Crippen LogP contribution in [0.5, 0.6) is 0 Å². The summed E-state index contributed by atoms with van der Waals surface area (Å²) in [6.07, 6.45) is 0. The van der Waals surface area contributed by atoms with Gasteiger partial charge >= 0.3 is 0 Å². The number of rotatable bonds is 4. The highest BCUT2D eigenvalue weighted by Gasteiger charge is 2.08. The van der Waals surface area contributed by atoms with Gasteiger partial charge in [-0.25, -0.2) is 4.39 Å². The average Bonchev–Trinajstić information content (AvgIpc) is 2.40. The van der Waals surface area contributed by atoms with Crippen molar-refractivity contribution in [2.24, 2.45) is 0 Å². The molecule has 0 aliphatic heterocycles. The van der Waals surface area contributed by atoms with Crippen molar-refractivity contribution in [3.05, 3.63) is 57.8 Å². The molecule has 0 aliphatic rings. The molecule has 1 nitrogen and oxygen atoms in total. The molecule has 0 unspecified atom stereocenters. The Kier molecular flexibility index (Phi) is 5.03. The molecule has 0 saturated carbocycles. The topological polar surface area (TPSA) is 12.0 Å². The third-order valence-corrected chi connectivity index (χ3v) is 3.68. The van der Waals surface area contributed by atoms with Crippen molar-refractivity contribution in [3.8, 4) is 11.1 Å². The van der Waals surface area contributed by atoms with Gasteiger partial charge in [-0.05, 0) is 41.5 Å². The lowest BCUT2D eigenvalue weighted by atomic mass is 10.0. The van der Waals surface area contributed by atoms with Crippen molar-refractivity contribution in [1.82, 2.24) is 5.32 Å². The molecule has 2 aromatic carbocycles. The molecule has 0 aliphatic carbocycles. The van der Waals surface area contributed by atoms with Gasteiger partial charge in [0.1, 0.15) is 5.82 Å². The molecule has 0 heterocycles. The molecule has 0 saturated heterocycles. The fourth-order valence-corrected chi connectivity index (χ4v) is 2.32. The zero-order valence-electron chi connectivity index (χ0n) is 11.4. The van der Waals surface area contributed by atoms with Crippen LogP contribution in [0.2, 0.25) is 10.0 Å². The first-order valence-electron chi connectivity index (χ1n) is 6.44. The lowest BCUT2D eigenvalue weighted by Crippen LogP contribution is -2.21. The van der Waals surface area contributed by atoms with E-state index >= 15 is 0 Å². The highest BCUT2D eigenvalue weighted by molar-refractivity contribution is 6.33. The van der Waals surface area contributed by atoms with Crippen LogP contribution in [0.1, 0.15) is 19.4 Å². The van der Waals surface area contributed by atoms with E-state index in [2.05, 4.69) is 19.2 Å². The van der Waals surface area contributed by atoms with E-state index in [9.17, 15) is 4.39 Å². The summed E-state index contributed by atoms with van der Waals surface area (Å²) in [6, 6.07) is 10.3. The Labute approximate surface area is 128 Å². The standard InChI is InChI=1S/C16H16Cl2FN/c1-10(2)20-9-12-7-11(3-5-15(12)17)14-8-13(19)4-6-16(14)18/h3-8,10,20H,9H2,1-2H3. The molecule has 2 rings (SSSR count). The largest absolute Gasteiger partial charge is 0.310 e. The van der Waals surface area contributed by atoms with Gasteiger partial charge < -0.3 is 5.32 Å². The van der Waals surface area contributed by atoms with Gasteiger partial charge in [0.05, 0.1) is 0 Å². The van der Waals surface area contributed by atoms with Crippen LogP contribution in [0.25, 0.3) is 11.1 Å². The molecule has 4 heteroatoms. The Bertz CT molecular complexity index is 611. The molecule has 0 spiro atoms. The van der Waals surface area contributed by atoms with Gasteiger partial charge in [-0.15, -0.1) is 0 Å². The van der Waals surface area contributed by atoms with E-state index in [0.29, 0.717) is 28.2 Å². The Hall–Kier alpha value is -1.09. The van der Waals surface area contributed by atoms with Crippen LogP contribution in [0.15, 0.2) is 36.4 Å². The summed E-state index contributed by atoms with van der Waals surface area (Å²) in [5, 5.41) is 4.53. The Morgan fingerprint density at radius 3 is 2.45 bits per heavy atom. The maximum absolute atomic E-state index is 13.4. The highest BCUT2D eigenvalue weighted by atomic mass is 35.5. The minimum absolute atomic E-state index is 0.304. The first-order chi connectivity index (χ1) is 9.47. The third-order valence-electron chi connectivity index (χ3n) is 2.99. The number of benzene rings is 2. The molecular weight excluding hydrogens is 296 g/mol. The number of halogens is 3. The fraction of sp³-hybridized carbons (Fsp3) is 0.250. The van der Waals surface area contributed by atoms with Crippen LogP contribution < -0.4 is 5.32 Å². The van der Waals surface area contributed by atoms with Crippen LogP contribution in [0, 0.1) is 5.82 Å². The summed E-state index contributed by atoms with van der Waals surface area (Å²) in [4.78, 5) is 0. The van der Waals surface area contributed by atoms with Crippen LogP contribution in [-0.2, 0) is 6.54 Å². The van der Waals surface area contributed by atoms with E-state index in [1.54, 1.807) is 6.07 Å². The molecule has 0 aromatic heterocycles. The van der Waals surface area contributed by atoms with Gasteiger partial charge in [-0.3, -0.25) is 0 Å². The number of nitrogens with one attached hydrogen (secondary N) is 1. The van der Waals surface area contributed by atoms with E-state index < -0.39 is 0 Å². The molecule has 106 valence electrons.